The van der Waals surface area contributed by atoms with Crippen LogP contribution in [0.5, 0.6) is 0 Å². The van der Waals surface area contributed by atoms with Gasteiger partial charge in [0.15, 0.2) is 0 Å². The van der Waals surface area contributed by atoms with Gasteiger partial charge in [-0.1, -0.05) is 0 Å². The van der Waals surface area contributed by atoms with Gasteiger partial charge in [0.05, 0.1) is 17.2 Å². The second-order valence-electron chi connectivity index (χ2n) is 7.49. The van der Waals surface area contributed by atoms with Crippen molar-refractivity contribution >= 4 is 15.7 Å². The Bertz CT molecular complexity index is 1130. The van der Waals surface area contributed by atoms with Gasteiger partial charge in [-0.15, -0.1) is 0 Å². The van der Waals surface area contributed by atoms with Crippen molar-refractivity contribution in [1.82, 2.24) is 9.62 Å². The summed E-state index contributed by atoms with van der Waals surface area (Å²) in [6.07, 6.45) is 1.51. The summed E-state index contributed by atoms with van der Waals surface area (Å²) in [6.45, 7) is 2.50. The fourth-order valence-electron chi connectivity index (χ4n) is 3.79. The first kappa shape index (κ1) is 22.4. The smallest absolute Gasteiger partial charge is 0.240 e. The maximum Gasteiger partial charge on any atom is 0.240 e. The zero-order valence-electron chi connectivity index (χ0n) is 17.0. The van der Waals surface area contributed by atoms with Crippen molar-refractivity contribution in [2.75, 3.05) is 37.6 Å². The molecule has 1 aromatic heterocycles. The van der Waals surface area contributed by atoms with Crippen molar-refractivity contribution < 1.29 is 26.0 Å². The first-order valence-electron chi connectivity index (χ1n) is 10.1. The molecule has 1 aliphatic rings. The molecule has 3 aromatic rings. The van der Waals surface area contributed by atoms with Crippen LogP contribution >= 0.6 is 0 Å². The van der Waals surface area contributed by atoms with Gasteiger partial charge in [0.1, 0.15) is 23.2 Å². The fourth-order valence-corrected chi connectivity index (χ4v) is 4.87. The normalized spacial score (nSPS) is 16.3. The highest BCUT2D eigenvalue weighted by Gasteiger charge is 2.29. The number of anilines is 1. The molecule has 0 saturated carbocycles. The van der Waals surface area contributed by atoms with E-state index in [2.05, 4.69) is 14.5 Å². The Morgan fingerprint density at radius 2 is 1.56 bits per heavy atom. The zero-order chi connectivity index (χ0) is 22.7. The molecule has 1 N–H and O–H groups in total. The first-order chi connectivity index (χ1) is 15.3. The lowest BCUT2D eigenvalue weighted by molar-refractivity contribution is 0.166. The minimum absolute atomic E-state index is 0.0372. The van der Waals surface area contributed by atoms with Crippen LogP contribution in [0.1, 0.15) is 11.8 Å². The van der Waals surface area contributed by atoms with E-state index < -0.39 is 32.6 Å². The first-order valence-corrected chi connectivity index (χ1v) is 11.5. The van der Waals surface area contributed by atoms with E-state index in [9.17, 15) is 21.6 Å². The summed E-state index contributed by atoms with van der Waals surface area (Å²) in [5, 5.41) is 0. The minimum Gasteiger partial charge on any atom is -0.468 e. The van der Waals surface area contributed by atoms with Crippen molar-refractivity contribution in [3.05, 3.63) is 84.1 Å². The van der Waals surface area contributed by atoms with Gasteiger partial charge < -0.3 is 9.32 Å². The monoisotopic (exact) mass is 465 g/mol. The van der Waals surface area contributed by atoms with Crippen LogP contribution in [0.3, 0.4) is 0 Å². The van der Waals surface area contributed by atoms with Crippen LogP contribution in [-0.2, 0) is 10.0 Å². The van der Waals surface area contributed by atoms with Gasteiger partial charge in [-0.25, -0.2) is 26.3 Å². The van der Waals surface area contributed by atoms with Gasteiger partial charge in [0.2, 0.25) is 10.0 Å². The number of rotatable bonds is 7. The summed E-state index contributed by atoms with van der Waals surface area (Å²) < 4.78 is 73.4. The number of hydrogen-bond acceptors (Lipinski definition) is 5. The summed E-state index contributed by atoms with van der Waals surface area (Å²) >= 11 is 0. The van der Waals surface area contributed by atoms with E-state index in [4.69, 9.17) is 4.42 Å². The van der Waals surface area contributed by atoms with Crippen LogP contribution in [0.25, 0.3) is 0 Å². The highest BCUT2D eigenvalue weighted by atomic mass is 32.2. The predicted octanol–water partition coefficient (Wildman–Crippen LogP) is 3.54. The van der Waals surface area contributed by atoms with Crippen LogP contribution in [-0.4, -0.2) is 46.0 Å². The van der Waals surface area contributed by atoms with Gasteiger partial charge in [0.25, 0.3) is 0 Å². The second kappa shape index (κ2) is 9.35. The molecule has 0 amide bonds. The van der Waals surface area contributed by atoms with Gasteiger partial charge in [-0.05, 0) is 48.5 Å². The number of benzene rings is 2. The summed E-state index contributed by atoms with van der Waals surface area (Å²) in [6, 6.07) is 11.5. The zero-order valence-corrected chi connectivity index (χ0v) is 17.9. The van der Waals surface area contributed by atoms with E-state index in [1.807, 2.05) is 0 Å². The molecule has 1 aliphatic heterocycles. The number of sulfonamides is 1. The molecule has 0 radical (unpaired) electrons. The van der Waals surface area contributed by atoms with Crippen molar-refractivity contribution in [2.45, 2.75) is 10.9 Å². The SMILES string of the molecule is O=S(=O)(NCC(c1ccco1)N1CCN(c2ccc(F)cc2)CC1)c1cc(F)cc(F)c1. The number of piperazine rings is 1. The maximum atomic E-state index is 13.5. The van der Waals surface area contributed by atoms with Gasteiger partial charge in [-0.3, -0.25) is 4.90 Å². The number of nitrogens with zero attached hydrogens (tertiary/aromatic N) is 2. The molecule has 0 spiro atoms. The fraction of sp³-hybridized carbons (Fsp3) is 0.273. The largest absolute Gasteiger partial charge is 0.468 e. The summed E-state index contributed by atoms with van der Waals surface area (Å²) in [5.74, 6) is -1.65. The van der Waals surface area contributed by atoms with Crippen molar-refractivity contribution in [1.29, 1.82) is 0 Å². The Hall–Kier alpha value is -2.82. The number of nitrogens with one attached hydrogen (secondary N) is 1. The van der Waals surface area contributed by atoms with Crippen LogP contribution in [0, 0.1) is 17.5 Å². The molecule has 6 nitrogen and oxygen atoms in total. The van der Waals surface area contributed by atoms with Crippen LogP contribution in [0.2, 0.25) is 0 Å². The third kappa shape index (κ3) is 5.14. The lowest BCUT2D eigenvalue weighted by Crippen LogP contribution is -2.49. The molecule has 4 rings (SSSR count). The Balaban J connectivity index is 1.46. The number of halogens is 3. The maximum absolute atomic E-state index is 13.5. The standard InChI is InChI=1S/C22H22F3N3O3S/c23-16-3-5-19(6-4-16)27-7-9-28(10-8-27)21(22-2-1-11-31-22)15-26-32(29,30)20-13-17(24)12-18(25)14-20/h1-6,11-14,21,26H,7-10,15H2. The van der Waals surface area contributed by atoms with Crippen molar-refractivity contribution in [3.63, 3.8) is 0 Å². The third-order valence-corrected chi connectivity index (χ3v) is 6.83. The van der Waals surface area contributed by atoms with Gasteiger partial charge in [0, 0.05) is 44.5 Å². The molecule has 1 fully saturated rings. The molecular weight excluding hydrogens is 443 g/mol. The Morgan fingerprint density at radius 1 is 0.906 bits per heavy atom. The molecule has 170 valence electrons. The highest BCUT2D eigenvalue weighted by molar-refractivity contribution is 7.89. The Labute approximate surface area is 184 Å². The Morgan fingerprint density at radius 3 is 2.16 bits per heavy atom. The molecular formula is C22H22F3N3O3S. The van der Waals surface area contributed by atoms with E-state index in [0.29, 0.717) is 38.0 Å². The quantitative estimate of drug-likeness (QED) is 0.578. The van der Waals surface area contributed by atoms with E-state index in [0.717, 1.165) is 17.8 Å². The summed E-state index contributed by atoms with van der Waals surface area (Å²) in [5.41, 5.74) is 0.912. The molecule has 1 unspecified atom stereocenters. The van der Waals surface area contributed by atoms with Crippen molar-refractivity contribution in [2.24, 2.45) is 0 Å². The average molecular weight is 465 g/mol. The van der Waals surface area contributed by atoms with Gasteiger partial charge in [-0.2, -0.15) is 0 Å². The summed E-state index contributed by atoms with van der Waals surface area (Å²) in [4.78, 5) is 3.72. The molecule has 1 saturated heterocycles. The van der Waals surface area contributed by atoms with Crippen LogP contribution in [0.15, 0.2) is 70.2 Å². The molecule has 32 heavy (non-hydrogen) atoms. The lowest BCUT2D eigenvalue weighted by atomic mass is 10.1. The highest BCUT2D eigenvalue weighted by Crippen LogP contribution is 2.25. The number of furan rings is 1. The third-order valence-electron chi connectivity index (χ3n) is 5.43. The molecule has 1 atom stereocenters. The van der Waals surface area contributed by atoms with Crippen LogP contribution in [0.4, 0.5) is 18.9 Å². The molecule has 2 heterocycles. The molecule has 10 heteroatoms. The van der Waals surface area contributed by atoms with Crippen molar-refractivity contribution in [3.8, 4) is 0 Å². The average Bonchev–Trinajstić information content (AvgIpc) is 3.29. The topological polar surface area (TPSA) is 65.8 Å². The van der Waals surface area contributed by atoms with E-state index in [1.165, 1.54) is 18.4 Å². The summed E-state index contributed by atoms with van der Waals surface area (Å²) in [7, 11) is -4.13. The van der Waals surface area contributed by atoms with Crippen LogP contribution < -0.4 is 9.62 Å². The van der Waals surface area contributed by atoms with Gasteiger partial charge >= 0.3 is 0 Å². The second-order valence-corrected chi connectivity index (χ2v) is 9.25. The molecule has 0 aliphatic carbocycles. The molecule has 2 aromatic carbocycles. The lowest BCUT2D eigenvalue weighted by Gasteiger charge is -2.39. The van der Waals surface area contributed by atoms with E-state index in [-0.39, 0.29) is 12.4 Å². The van der Waals surface area contributed by atoms with E-state index >= 15 is 0 Å². The minimum atomic E-state index is -4.13. The predicted molar refractivity (Wildman–Crippen MR) is 113 cm³/mol. The van der Waals surface area contributed by atoms with E-state index in [1.54, 1.807) is 24.3 Å². The molecule has 0 bridgehead atoms. The number of hydrogen-bond donors (Lipinski definition) is 1. The Kier molecular flexibility index (Phi) is 6.54.